The summed E-state index contributed by atoms with van der Waals surface area (Å²) in [6, 6.07) is 7.69. The van der Waals surface area contributed by atoms with Gasteiger partial charge < -0.3 is 14.8 Å². The summed E-state index contributed by atoms with van der Waals surface area (Å²) >= 11 is 0. The number of fused-ring (bicyclic) bond motifs is 2. The maximum absolute atomic E-state index is 13.0. The number of benzene rings is 1. The van der Waals surface area contributed by atoms with Crippen LogP contribution in [-0.2, 0) is 13.6 Å². The van der Waals surface area contributed by atoms with Gasteiger partial charge in [-0.25, -0.2) is 4.98 Å². The number of pyridine rings is 1. The SMILES string of the molecule is Cc1nn(C)c2nc(C3CC3)cc(C(=O)NCc3ccc4c(c3)OCCO4)c12. The van der Waals surface area contributed by atoms with Gasteiger partial charge in [0.05, 0.1) is 16.6 Å². The first-order chi connectivity index (χ1) is 13.6. The quantitative estimate of drug-likeness (QED) is 0.755. The molecule has 3 aromatic rings. The topological polar surface area (TPSA) is 78.3 Å². The fourth-order valence-corrected chi connectivity index (χ4v) is 3.71. The number of aryl methyl sites for hydroxylation is 2. The Morgan fingerprint density at radius 2 is 2.00 bits per heavy atom. The third-order valence-electron chi connectivity index (χ3n) is 5.29. The lowest BCUT2D eigenvalue weighted by atomic mass is 10.1. The number of hydrogen-bond donors (Lipinski definition) is 1. The summed E-state index contributed by atoms with van der Waals surface area (Å²) < 4.78 is 12.9. The van der Waals surface area contributed by atoms with E-state index in [1.165, 1.54) is 0 Å². The van der Waals surface area contributed by atoms with Crippen LogP contribution in [0.5, 0.6) is 11.5 Å². The molecule has 0 unspecified atom stereocenters. The monoisotopic (exact) mass is 378 g/mol. The van der Waals surface area contributed by atoms with E-state index in [1.54, 1.807) is 4.68 Å². The fraction of sp³-hybridized carbons (Fsp3) is 0.381. The molecule has 2 aromatic heterocycles. The number of nitrogens with one attached hydrogen (secondary N) is 1. The van der Waals surface area contributed by atoms with E-state index in [0.29, 0.717) is 31.2 Å². The van der Waals surface area contributed by atoms with Gasteiger partial charge >= 0.3 is 0 Å². The number of carbonyl (C=O) groups is 1. The highest BCUT2D eigenvalue weighted by molar-refractivity contribution is 6.06. The number of amides is 1. The second kappa shape index (κ2) is 6.51. The van der Waals surface area contributed by atoms with E-state index in [-0.39, 0.29) is 5.91 Å². The molecule has 1 aliphatic heterocycles. The van der Waals surface area contributed by atoms with Crippen LogP contribution in [0.4, 0.5) is 0 Å². The van der Waals surface area contributed by atoms with Crippen molar-refractivity contribution in [3.8, 4) is 11.5 Å². The predicted octanol–water partition coefficient (Wildman–Crippen LogP) is 2.86. The zero-order valence-corrected chi connectivity index (χ0v) is 16.0. The van der Waals surface area contributed by atoms with Crippen molar-refractivity contribution in [2.75, 3.05) is 13.2 Å². The van der Waals surface area contributed by atoms with Gasteiger partial charge in [-0.3, -0.25) is 9.48 Å². The Balaban J connectivity index is 1.43. The summed E-state index contributed by atoms with van der Waals surface area (Å²) in [5.41, 5.74) is 4.19. The first-order valence-electron chi connectivity index (χ1n) is 9.61. The molecular weight excluding hydrogens is 356 g/mol. The largest absolute Gasteiger partial charge is 0.486 e. The van der Waals surface area contributed by atoms with Crippen LogP contribution in [-0.4, -0.2) is 33.9 Å². The number of hydrogen-bond acceptors (Lipinski definition) is 5. The standard InChI is InChI=1S/C21H22N4O3/c1-12-19-15(10-16(14-4-5-14)23-20(19)25(2)24-12)21(26)22-11-13-3-6-17-18(9-13)28-8-7-27-17/h3,6,9-10,14H,4-5,7-8,11H2,1-2H3,(H,22,26). The van der Waals surface area contributed by atoms with Gasteiger partial charge in [-0.2, -0.15) is 5.10 Å². The lowest BCUT2D eigenvalue weighted by Crippen LogP contribution is -2.24. The Morgan fingerprint density at radius 3 is 2.79 bits per heavy atom. The lowest BCUT2D eigenvalue weighted by molar-refractivity contribution is 0.0952. The van der Waals surface area contributed by atoms with Crippen LogP contribution in [0.15, 0.2) is 24.3 Å². The third-order valence-corrected chi connectivity index (χ3v) is 5.29. The maximum atomic E-state index is 13.0. The van der Waals surface area contributed by atoms with E-state index >= 15 is 0 Å². The van der Waals surface area contributed by atoms with Gasteiger partial charge in [-0.1, -0.05) is 6.07 Å². The Hall–Kier alpha value is -3.09. The first-order valence-corrected chi connectivity index (χ1v) is 9.61. The van der Waals surface area contributed by atoms with Crippen LogP contribution in [0, 0.1) is 6.92 Å². The molecule has 2 aliphatic rings. The van der Waals surface area contributed by atoms with Crippen molar-refractivity contribution in [2.24, 2.45) is 7.05 Å². The van der Waals surface area contributed by atoms with Crippen molar-refractivity contribution < 1.29 is 14.3 Å². The molecule has 1 aromatic carbocycles. The molecule has 1 fully saturated rings. The summed E-state index contributed by atoms with van der Waals surface area (Å²) in [5.74, 6) is 1.82. The molecule has 1 aliphatic carbocycles. The average Bonchev–Trinajstić information content (AvgIpc) is 3.52. The van der Waals surface area contributed by atoms with Gasteiger partial charge in [0.25, 0.3) is 5.91 Å². The van der Waals surface area contributed by atoms with E-state index in [9.17, 15) is 4.79 Å². The van der Waals surface area contributed by atoms with Crippen LogP contribution in [0.3, 0.4) is 0 Å². The summed E-state index contributed by atoms with van der Waals surface area (Å²) in [7, 11) is 1.87. The van der Waals surface area contributed by atoms with Crippen molar-refractivity contribution >= 4 is 16.9 Å². The van der Waals surface area contributed by atoms with E-state index in [0.717, 1.165) is 52.3 Å². The number of nitrogens with zero attached hydrogens (tertiary/aromatic N) is 3. The third kappa shape index (κ3) is 2.96. The molecule has 0 atom stereocenters. The molecule has 0 bridgehead atoms. The highest BCUT2D eigenvalue weighted by atomic mass is 16.6. The van der Waals surface area contributed by atoms with Crippen molar-refractivity contribution in [1.29, 1.82) is 0 Å². The van der Waals surface area contributed by atoms with Crippen molar-refractivity contribution in [3.63, 3.8) is 0 Å². The van der Waals surface area contributed by atoms with Crippen LogP contribution in [0.2, 0.25) is 0 Å². The number of aromatic nitrogens is 3. The molecule has 0 saturated heterocycles. The van der Waals surface area contributed by atoms with Crippen molar-refractivity contribution in [2.45, 2.75) is 32.2 Å². The minimum atomic E-state index is -0.111. The van der Waals surface area contributed by atoms with Crippen LogP contribution in [0.1, 0.15) is 46.1 Å². The summed E-state index contributed by atoms with van der Waals surface area (Å²) in [4.78, 5) is 17.8. The van der Waals surface area contributed by atoms with Gasteiger partial charge in [-0.05, 0) is 43.5 Å². The normalized spacial score (nSPS) is 15.6. The minimum Gasteiger partial charge on any atom is -0.486 e. The van der Waals surface area contributed by atoms with Crippen LogP contribution >= 0.6 is 0 Å². The van der Waals surface area contributed by atoms with E-state index in [1.807, 2.05) is 38.2 Å². The average molecular weight is 378 g/mol. The van der Waals surface area contributed by atoms with E-state index in [4.69, 9.17) is 14.5 Å². The summed E-state index contributed by atoms with van der Waals surface area (Å²) in [6.45, 7) is 3.44. The number of carbonyl (C=O) groups excluding carboxylic acids is 1. The summed E-state index contributed by atoms with van der Waals surface area (Å²) in [5, 5.41) is 8.33. The molecule has 7 heteroatoms. The first kappa shape index (κ1) is 17.0. The van der Waals surface area contributed by atoms with Crippen LogP contribution in [0.25, 0.3) is 11.0 Å². The predicted molar refractivity (Wildman–Crippen MR) is 104 cm³/mol. The van der Waals surface area contributed by atoms with Gasteiger partial charge in [0.1, 0.15) is 13.2 Å². The molecule has 1 amide bonds. The molecule has 1 N–H and O–H groups in total. The van der Waals surface area contributed by atoms with Gasteiger partial charge in [-0.15, -0.1) is 0 Å². The summed E-state index contributed by atoms with van der Waals surface area (Å²) in [6.07, 6.45) is 2.27. The fourth-order valence-electron chi connectivity index (χ4n) is 3.71. The Morgan fingerprint density at radius 1 is 1.21 bits per heavy atom. The number of ether oxygens (including phenoxy) is 2. The van der Waals surface area contributed by atoms with E-state index in [2.05, 4.69) is 10.4 Å². The second-order valence-electron chi connectivity index (χ2n) is 7.44. The lowest BCUT2D eigenvalue weighted by Gasteiger charge is -2.19. The minimum absolute atomic E-state index is 0.111. The number of rotatable bonds is 4. The van der Waals surface area contributed by atoms with Gasteiger partial charge in [0, 0.05) is 25.2 Å². The van der Waals surface area contributed by atoms with Crippen LogP contribution < -0.4 is 14.8 Å². The molecule has 28 heavy (non-hydrogen) atoms. The molecule has 144 valence electrons. The molecular formula is C21H22N4O3. The van der Waals surface area contributed by atoms with Gasteiger partial charge in [0.2, 0.25) is 0 Å². The van der Waals surface area contributed by atoms with Crippen molar-refractivity contribution in [3.05, 3.63) is 46.8 Å². The smallest absolute Gasteiger partial charge is 0.252 e. The molecule has 5 rings (SSSR count). The maximum Gasteiger partial charge on any atom is 0.252 e. The Kier molecular flexibility index (Phi) is 3.96. The molecule has 3 heterocycles. The highest BCUT2D eigenvalue weighted by Crippen LogP contribution is 2.40. The highest BCUT2D eigenvalue weighted by Gasteiger charge is 2.28. The second-order valence-corrected chi connectivity index (χ2v) is 7.44. The zero-order chi connectivity index (χ0) is 19.3. The van der Waals surface area contributed by atoms with E-state index < -0.39 is 0 Å². The molecule has 0 spiro atoms. The Bertz CT molecular complexity index is 1080. The zero-order valence-electron chi connectivity index (χ0n) is 16.0. The molecule has 1 saturated carbocycles. The molecule has 0 radical (unpaired) electrons. The Labute approximate surface area is 162 Å². The van der Waals surface area contributed by atoms with Gasteiger partial charge in [0.15, 0.2) is 17.1 Å². The van der Waals surface area contributed by atoms with Crippen molar-refractivity contribution in [1.82, 2.24) is 20.1 Å². The molecule has 7 nitrogen and oxygen atoms in total.